The first-order valence-corrected chi connectivity index (χ1v) is 10.3. The Morgan fingerprint density at radius 3 is 2.52 bits per heavy atom. The summed E-state index contributed by atoms with van der Waals surface area (Å²) >= 11 is 6.45. The second-order valence-corrected chi connectivity index (χ2v) is 7.61. The van der Waals surface area contributed by atoms with Crippen molar-refractivity contribution >= 4 is 34.4 Å². The van der Waals surface area contributed by atoms with E-state index in [-0.39, 0.29) is 23.4 Å². The van der Waals surface area contributed by atoms with Gasteiger partial charge >= 0.3 is 5.97 Å². The van der Waals surface area contributed by atoms with Crippen LogP contribution in [0.15, 0.2) is 71.5 Å². The fourth-order valence-electron chi connectivity index (χ4n) is 3.61. The summed E-state index contributed by atoms with van der Waals surface area (Å²) < 4.78 is 18.3. The average Bonchev–Trinajstić information content (AvgIpc) is 2.83. The number of amides is 1. The van der Waals surface area contributed by atoms with Crippen molar-refractivity contribution in [1.82, 2.24) is 10.3 Å². The number of benzene rings is 3. The Bertz CT molecular complexity index is 1430. The van der Waals surface area contributed by atoms with Crippen molar-refractivity contribution in [2.45, 2.75) is 6.54 Å². The van der Waals surface area contributed by atoms with Gasteiger partial charge in [-0.2, -0.15) is 0 Å². The first-order chi connectivity index (χ1) is 15.9. The Hall–Kier alpha value is -3.97. The van der Waals surface area contributed by atoms with Gasteiger partial charge < -0.3 is 15.0 Å². The Labute approximate surface area is 193 Å². The lowest BCUT2D eigenvalue weighted by molar-refractivity contribution is 0.0592. The number of esters is 1. The second kappa shape index (κ2) is 9.26. The van der Waals surface area contributed by atoms with E-state index < -0.39 is 23.1 Å². The van der Waals surface area contributed by atoms with Crippen molar-refractivity contribution < 1.29 is 18.7 Å². The van der Waals surface area contributed by atoms with Crippen molar-refractivity contribution in [1.29, 1.82) is 0 Å². The maximum Gasteiger partial charge on any atom is 0.354 e. The molecule has 3 aromatic carbocycles. The lowest BCUT2D eigenvalue weighted by Gasteiger charge is -2.14. The highest BCUT2D eigenvalue weighted by molar-refractivity contribution is 6.35. The number of H-pyrrole nitrogens is 1. The third-order valence-corrected chi connectivity index (χ3v) is 5.50. The largest absolute Gasteiger partial charge is 0.464 e. The Balaban J connectivity index is 1.84. The van der Waals surface area contributed by atoms with E-state index >= 15 is 0 Å². The molecule has 166 valence electrons. The van der Waals surface area contributed by atoms with Gasteiger partial charge in [0.05, 0.1) is 23.2 Å². The van der Waals surface area contributed by atoms with E-state index in [2.05, 4.69) is 10.3 Å². The maximum atomic E-state index is 13.4. The maximum absolute atomic E-state index is 13.4. The molecule has 0 saturated heterocycles. The summed E-state index contributed by atoms with van der Waals surface area (Å²) in [4.78, 5) is 41.4. The van der Waals surface area contributed by atoms with E-state index in [0.717, 1.165) is 11.6 Å². The molecule has 0 aliphatic heterocycles. The molecule has 6 nitrogen and oxygen atoms in total. The number of hydrogen-bond donors (Lipinski definition) is 2. The first-order valence-electron chi connectivity index (χ1n) is 9.95. The number of aromatic amines is 1. The SMILES string of the molecule is COC(=O)c1[nH]c2c(-c3ccccc3)c(Cl)ccc2c(=O)c1CNC(=O)c1cccc(F)c1. The molecule has 1 heterocycles. The molecule has 0 aliphatic carbocycles. The van der Waals surface area contributed by atoms with E-state index in [1.54, 1.807) is 12.1 Å². The molecule has 8 heteroatoms. The predicted molar refractivity (Wildman–Crippen MR) is 124 cm³/mol. The molecular weight excluding hydrogens is 447 g/mol. The van der Waals surface area contributed by atoms with Gasteiger partial charge in [-0.15, -0.1) is 0 Å². The van der Waals surface area contributed by atoms with Crippen molar-refractivity contribution in [3.05, 3.63) is 105 Å². The molecule has 33 heavy (non-hydrogen) atoms. The highest BCUT2D eigenvalue weighted by Crippen LogP contribution is 2.33. The summed E-state index contributed by atoms with van der Waals surface area (Å²) in [7, 11) is 1.19. The van der Waals surface area contributed by atoms with Crippen molar-refractivity contribution in [3.63, 3.8) is 0 Å². The molecule has 0 atom stereocenters. The summed E-state index contributed by atoms with van der Waals surface area (Å²) in [6, 6.07) is 17.5. The van der Waals surface area contributed by atoms with Gasteiger partial charge in [-0.3, -0.25) is 9.59 Å². The lowest BCUT2D eigenvalue weighted by Crippen LogP contribution is -2.29. The van der Waals surface area contributed by atoms with Crippen molar-refractivity contribution in [3.8, 4) is 11.1 Å². The normalized spacial score (nSPS) is 10.8. The minimum absolute atomic E-state index is 0.0143. The molecule has 2 N–H and O–H groups in total. The molecular formula is C25H18ClFN2O4. The molecule has 4 aromatic rings. The smallest absolute Gasteiger partial charge is 0.354 e. The van der Waals surface area contributed by atoms with Crippen LogP contribution >= 0.6 is 11.6 Å². The highest BCUT2D eigenvalue weighted by Gasteiger charge is 2.22. The number of nitrogens with one attached hydrogen (secondary N) is 2. The van der Waals surface area contributed by atoms with Crippen LogP contribution in [0, 0.1) is 5.82 Å². The van der Waals surface area contributed by atoms with E-state index in [1.165, 1.54) is 25.3 Å². The minimum atomic E-state index is -0.775. The molecule has 0 unspecified atom stereocenters. The van der Waals surface area contributed by atoms with Crippen LogP contribution in [0.3, 0.4) is 0 Å². The summed E-state index contributed by atoms with van der Waals surface area (Å²) in [5.41, 5.74) is 1.23. The van der Waals surface area contributed by atoms with Crippen molar-refractivity contribution in [2.24, 2.45) is 0 Å². The number of carbonyl (C=O) groups excluding carboxylic acids is 2. The number of halogens is 2. The van der Waals surface area contributed by atoms with Gasteiger partial charge in [-0.25, -0.2) is 9.18 Å². The van der Waals surface area contributed by atoms with Crippen LogP contribution in [0.4, 0.5) is 4.39 Å². The minimum Gasteiger partial charge on any atom is -0.464 e. The zero-order chi connectivity index (χ0) is 23.5. The standard InChI is InChI=1S/C25H18ClFN2O4/c1-33-25(32)22-18(13-28-24(31)15-8-5-9-16(27)12-15)23(30)17-10-11-19(26)20(21(17)29-22)14-6-3-2-4-7-14/h2-12H,13H2,1H3,(H,28,31)(H,29,30). The monoisotopic (exact) mass is 464 g/mol. The third-order valence-electron chi connectivity index (χ3n) is 5.19. The number of aromatic nitrogens is 1. The number of methoxy groups -OCH3 is 1. The summed E-state index contributed by atoms with van der Waals surface area (Å²) in [5.74, 6) is -1.93. The van der Waals surface area contributed by atoms with Gasteiger partial charge in [0, 0.05) is 23.1 Å². The fourth-order valence-corrected chi connectivity index (χ4v) is 3.87. The molecule has 1 amide bonds. The quantitative estimate of drug-likeness (QED) is 0.419. The molecule has 1 aromatic heterocycles. The number of hydrogen-bond acceptors (Lipinski definition) is 4. The number of rotatable bonds is 5. The number of fused-ring (bicyclic) bond motifs is 1. The van der Waals surface area contributed by atoms with Crippen LogP contribution in [0.25, 0.3) is 22.0 Å². The van der Waals surface area contributed by atoms with Gasteiger partial charge in [0.1, 0.15) is 11.5 Å². The lowest BCUT2D eigenvalue weighted by atomic mass is 9.99. The zero-order valence-corrected chi connectivity index (χ0v) is 18.2. The number of pyridine rings is 1. The molecule has 0 aliphatic rings. The molecule has 0 bridgehead atoms. The number of ether oxygens (including phenoxy) is 1. The second-order valence-electron chi connectivity index (χ2n) is 7.20. The Morgan fingerprint density at radius 2 is 1.82 bits per heavy atom. The Kier molecular flexibility index (Phi) is 6.24. The van der Waals surface area contributed by atoms with Gasteiger partial charge in [-0.05, 0) is 35.9 Å². The topological polar surface area (TPSA) is 88.3 Å². The van der Waals surface area contributed by atoms with Gasteiger partial charge in [-0.1, -0.05) is 48.0 Å². The predicted octanol–water partition coefficient (Wildman–Crippen LogP) is 4.70. The van der Waals surface area contributed by atoms with Crippen molar-refractivity contribution in [2.75, 3.05) is 7.11 Å². The zero-order valence-electron chi connectivity index (χ0n) is 17.4. The van der Waals surface area contributed by atoms with Crippen LogP contribution in [-0.4, -0.2) is 24.0 Å². The number of carbonyl (C=O) groups is 2. The van der Waals surface area contributed by atoms with Gasteiger partial charge in [0.15, 0.2) is 5.43 Å². The summed E-state index contributed by atoms with van der Waals surface area (Å²) in [6.07, 6.45) is 0. The van der Waals surface area contributed by atoms with Crippen LogP contribution in [0.2, 0.25) is 5.02 Å². The average molecular weight is 465 g/mol. The molecule has 0 fully saturated rings. The Morgan fingerprint density at radius 1 is 1.06 bits per heavy atom. The van der Waals surface area contributed by atoms with Crippen LogP contribution < -0.4 is 10.7 Å². The van der Waals surface area contributed by atoms with E-state index in [1.807, 2.05) is 30.3 Å². The summed E-state index contributed by atoms with van der Waals surface area (Å²) in [6.45, 7) is -0.269. The van der Waals surface area contributed by atoms with Crippen LogP contribution in [-0.2, 0) is 11.3 Å². The third kappa shape index (κ3) is 4.36. The fraction of sp³-hybridized carbons (Fsp3) is 0.0800. The van der Waals surface area contributed by atoms with Gasteiger partial charge in [0.2, 0.25) is 0 Å². The van der Waals surface area contributed by atoms with E-state index in [9.17, 15) is 18.8 Å². The van der Waals surface area contributed by atoms with Crippen LogP contribution in [0.5, 0.6) is 0 Å². The van der Waals surface area contributed by atoms with E-state index in [0.29, 0.717) is 21.5 Å². The first kappa shape index (κ1) is 22.2. The highest BCUT2D eigenvalue weighted by atomic mass is 35.5. The molecule has 4 rings (SSSR count). The molecule has 0 spiro atoms. The summed E-state index contributed by atoms with van der Waals surface area (Å²) in [5, 5.41) is 3.25. The van der Waals surface area contributed by atoms with E-state index in [4.69, 9.17) is 16.3 Å². The van der Waals surface area contributed by atoms with Crippen LogP contribution in [0.1, 0.15) is 26.4 Å². The molecule has 0 saturated carbocycles. The molecule has 0 radical (unpaired) electrons. The van der Waals surface area contributed by atoms with Gasteiger partial charge in [0.25, 0.3) is 5.91 Å².